The summed E-state index contributed by atoms with van der Waals surface area (Å²) in [5.74, 6) is -0.814. The molecule has 0 aliphatic rings. The van der Waals surface area contributed by atoms with E-state index in [9.17, 15) is 8.78 Å². The Kier molecular flexibility index (Phi) is 5.09. The highest BCUT2D eigenvalue weighted by Crippen LogP contribution is 2.20. The molecule has 1 heterocycles. The van der Waals surface area contributed by atoms with Crippen LogP contribution in [-0.2, 0) is 6.54 Å². The van der Waals surface area contributed by atoms with Crippen molar-refractivity contribution < 1.29 is 13.2 Å². The molecular weight excluding hydrogens is 274 g/mol. The summed E-state index contributed by atoms with van der Waals surface area (Å²) in [6.07, 6.45) is 2.21. The van der Waals surface area contributed by atoms with Crippen LogP contribution in [0.15, 0.2) is 34.9 Å². The molecular formula is C16H20F2N2O. The zero-order valence-corrected chi connectivity index (χ0v) is 12.3. The molecule has 1 aromatic carbocycles. The SMILES string of the molecule is Cc1occc1CN(C)CCC(N)c1cccc(F)c1F. The van der Waals surface area contributed by atoms with Crippen molar-refractivity contribution in [3.63, 3.8) is 0 Å². The topological polar surface area (TPSA) is 42.4 Å². The number of hydrogen-bond acceptors (Lipinski definition) is 3. The fraction of sp³-hybridized carbons (Fsp3) is 0.375. The second kappa shape index (κ2) is 6.83. The fourth-order valence-electron chi connectivity index (χ4n) is 2.27. The van der Waals surface area contributed by atoms with E-state index in [0.717, 1.165) is 23.9 Å². The third kappa shape index (κ3) is 3.89. The van der Waals surface area contributed by atoms with Crippen molar-refractivity contribution in [1.82, 2.24) is 4.90 Å². The van der Waals surface area contributed by atoms with Gasteiger partial charge in [0.2, 0.25) is 0 Å². The molecule has 0 saturated carbocycles. The second-order valence-corrected chi connectivity index (χ2v) is 5.28. The molecule has 114 valence electrons. The average molecular weight is 294 g/mol. The van der Waals surface area contributed by atoms with Gasteiger partial charge in [-0.2, -0.15) is 0 Å². The van der Waals surface area contributed by atoms with Crippen molar-refractivity contribution in [1.29, 1.82) is 0 Å². The standard InChI is InChI=1S/C16H20F2N2O/c1-11-12(7-9-21-11)10-20(2)8-6-15(19)13-4-3-5-14(17)16(13)18/h3-5,7,9,15H,6,8,10,19H2,1-2H3. The zero-order valence-electron chi connectivity index (χ0n) is 12.3. The van der Waals surface area contributed by atoms with Crippen LogP contribution in [0.1, 0.15) is 29.3 Å². The predicted molar refractivity (Wildman–Crippen MR) is 77.7 cm³/mol. The lowest BCUT2D eigenvalue weighted by atomic mass is 10.0. The van der Waals surface area contributed by atoms with Gasteiger partial charge in [-0.15, -0.1) is 0 Å². The molecule has 0 bridgehead atoms. The third-order valence-corrected chi connectivity index (χ3v) is 3.61. The van der Waals surface area contributed by atoms with Crippen LogP contribution in [0.3, 0.4) is 0 Å². The summed E-state index contributed by atoms with van der Waals surface area (Å²) in [6.45, 7) is 3.33. The lowest BCUT2D eigenvalue weighted by Gasteiger charge is -2.19. The van der Waals surface area contributed by atoms with Crippen LogP contribution in [0.4, 0.5) is 8.78 Å². The highest BCUT2D eigenvalue weighted by molar-refractivity contribution is 5.22. The number of nitrogens with zero attached hydrogens (tertiary/aromatic N) is 1. The number of hydrogen-bond donors (Lipinski definition) is 1. The van der Waals surface area contributed by atoms with Crippen LogP contribution in [0.2, 0.25) is 0 Å². The van der Waals surface area contributed by atoms with E-state index >= 15 is 0 Å². The Morgan fingerprint density at radius 2 is 2.05 bits per heavy atom. The molecule has 1 atom stereocenters. The van der Waals surface area contributed by atoms with Gasteiger partial charge >= 0.3 is 0 Å². The second-order valence-electron chi connectivity index (χ2n) is 5.28. The van der Waals surface area contributed by atoms with Crippen molar-refractivity contribution in [2.75, 3.05) is 13.6 Å². The van der Waals surface area contributed by atoms with Crippen LogP contribution in [0, 0.1) is 18.6 Å². The molecule has 0 radical (unpaired) electrons. The average Bonchev–Trinajstić information content (AvgIpc) is 2.84. The lowest BCUT2D eigenvalue weighted by Crippen LogP contribution is -2.24. The summed E-state index contributed by atoms with van der Waals surface area (Å²) in [5, 5.41) is 0. The van der Waals surface area contributed by atoms with Crippen LogP contribution >= 0.6 is 0 Å². The van der Waals surface area contributed by atoms with E-state index in [4.69, 9.17) is 10.2 Å². The molecule has 2 N–H and O–H groups in total. The first-order valence-corrected chi connectivity index (χ1v) is 6.90. The van der Waals surface area contributed by atoms with Gasteiger partial charge in [0.15, 0.2) is 11.6 Å². The van der Waals surface area contributed by atoms with E-state index in [1.54, 1.807) is 6.26 Å². The predicted octanol–water partition coefficient (Wildman–Crippen LogP) is 3.39. The molecule has 1 aromatic heterocycles. The summed E-state index contributed by atoms with van der Waals surface area (Å²) in [5.41, 5.74) is 7.30. The molecule has 5 heteroatoms. The summed E-state index contributed by atoms with van der Waals surface area (Å²) in [6, 6.07) is 5.51. The fourth-order valence-corrected chi connectivity index (χ4v) is 2.27. The van der Waals surface area contributed by atoms with E-state index in [1.807, 2.05) is 20.0 Å². The van der Waals surface area contributed by atoms with Gasteiger partial charge in [0, 0.05) is 23.7 Å². The Bertz CT molecular complexity index is 598. The molecule has 1 unspecified atom stereocenters. The maximum atomic E-state index is 13.7. The Labute approximate surface area is 123 Å². The number of furan rings is 1. The molecule has 0 aliphatic carbocycles. The molecule has 3 nitrogen and oxygen atoms in total. The molecule has 0 spiro atoms. The van der Waals surface area contributed by atoms with Gasteiger partial charge in [-0.05, 0) is 39.1 Å². The smallest absolute Gasteiger partial charge is 0.163 e. The normalized spacial score (nSPS) is 12.9. The summed E-state index contributed by atoms with van der Waals surface area (Å²) in [4.78, 5) is 2.08. The number of aryl methyl sites for hydroxylation is 1. The van der Waals surface area contributed by atoms with Gasteiger partial charge in [-0.3, -0.25) is 0 Å². The van der Waals surface area contributed by atoms with E-state index in [2.05, 4.69) is 4.90 Å². The van der Waals surface area contributed by atoms with Crippen LogP contribution < -0.4 is 5.73 Å². The molecule has 0 aliphatic heterocycles. The van der Waals surface area contributed by atoms with Gasteiger partial charge in [0.05, 0.1) is 6.26 Å². The van der Waals surface area contributed by atoms with Crippen molar-refractivity contribution in [3.8, 4) is 0 Å². The van der Waals surface area contributed by atoms with Crippen molar-refractivity contribution >= 4 is 0 Å². The summed E-state index contributed by atoms with van der Waals surface area (Å²) >= 11 is 0. The summed E-state index contributed by atoms with van der Waals surface area (Å²) in [7, 11) is 1.96. The number of nitrogens with two attached hydrogens (primary N) is 1. The van der Waals surface area contributed by atoms with Gasteiger partial charge in [0.1, 0.15) is 5.76 Å². The first-order chi connectivity index (χ1) is 9.99. The highest BCUT2D eigenvalue weighted by Gasteiger charge is 2.15. The molecule has 2 rings (SSSR count). The minimum absolute atomic E-state index is 0.225. The van der Waals surface area contributed by atoms with Crippen molar-refractivity contribution in [3.05, 3.63) is 59.1 Å². The van der Waals surface area contributed by atoms with Crippen LogP contribution in [-0.4, -0.2) is 18.5 Å². The quantitative estimate of drug-likeness (QED) is 0.888. The molecule has 0 fully saturated rings. The molecule has 0 amide bonds. The van der Waals surface area contributed by atoms with Gasteiger partial charge < -0.3 is 15.1 Å². The molecule has 0 saturated heterocycles. The van der Waals surface area contributed by atoms with Gasteiger partial charge in [-0.25, -0.2) is 8.78 Å². The first-order valence-electron chi connectivity index (χ1n) is 6.90. The van der Waals surface area contributed by atoms with E-state index in [0.29, 0.717) is 13.0 Å². The van der Waals surface area contributed by atoms with E-state index < -0.39 is 17.7 Å². The maximum Gasteiger partial charge on any atom is 0.163 e. The summed E-state index contributed by atoms with van der Waals surface area (Å²) < 4.78 is 32.1. The van der Waals surface area contributed by atoms with Gasteiger partial charge in [-0.1, -0.05) is 12.1 Å². The minimum Gasteiger partial charge on any atom is -0.469 e. The lowest BCUT2D eigenvalue weighted by molar-refractivity contribution is 0.307. The third-order valence-electron chi connectivity index (χ3n) is 3.61. The Hall–Kier alpha value is -1.72. The van der Waals surface area contributed by atoms with Crippen molar-refractivity contribution in [2.24, 2.45) is 5.73 Å². The Morgan fingerprint density at radius 3 is 2.71 bits per heavy atom. The van der Waals surface area contributed by atoms with Crippen LogP contribution in [0.5, 0.6) is 0 Å². The van der Waals surface area contributed by atoms with Crippen LogP contribution in [0.25, 0.3) is 0 Å². The number of halogens is 2. The number of benzene rings is 1. The zero-order chi connectivity index (χ0) is 15.4. The Balaban J connectivity index is 1.90. The maximum absolute atomic E-state index is 13.7. The van der Waals surface area contributed by atoms with E-state index in [1.165, 1.54) is 12.1 Å². The molecule has 21 heavy (non-hydrogen) atoms. The first kappa shape index (κ1) is 15.7. The highest BCUT2D eigenvalue weighted by atomic mass is 19.2. The van der Waals surface area contributed by atoms with E-state index in [-0.39, 0.29) is 5.56 Å². The number of rotatable bonds is 6. The molecule has 2 aromatic rings. The van der Waals surface area contributed by atoms with Gasteiger partial charge in [0.25, 0.3) is 0 Å². The van der Waals surface area contributed by atoms with Crippen molar-refractivity contribution in [2.45, 2.75) is 25.9 Å². The largest absolute Gasteiger partial charge is 0.469 e. The minimum atomic E-state index is -0.856. The Morgan fingerprint density at radius 1 is 1.29 bits per heavy atom. The monoisotopic (exact) mass is 294 g/mol.